The van der Waals surface area contributed by atoms with Crippen LogP contribution in [0.2, 0.25) is 0 Å². The number of rotatable bonds is 0. The van der Waals surface area contributed by atoms with Crippen molar-refractivity contribution >= 4 is 5.71 Å². The first-order chi connectivity index (χ1) is 5.36. The Morgan fingerprint density at radius 3 is 3.27 bits per heavy atom. The first-order valence-corrected chi connectivity index (χ1v) is 3.95. The highest BCUT2D eigenvalue weighted by Gasteiger charge is 2.13. The van der Waals surface area contributed by atoms with Gasteiger partial charge in [-0.1, -0.05) is 24.3 Å². The van der Waals surface area contributed by atoms with Gasteiger partial charge in [0.25, 0.3) is 0 Å². The number of hydrogen-bond acceptors (Lipinski definition) is 1. The molecule has 0 saturated carbocycles. The van der Waals surface area contributed by atoms with Crippen molar-refractivity contribution < 1.29 is 0 Å². The zero-order valence-electron chi connectivity index (χ0n) is 6.62. The second-order valence-corrected chi connectivity index (χ2v) is 2.95. The van der Waals surface area contributed by atoms with Gasteiger partial charge in [0.15, 0.2) is 0 Å². The van der Waals surface area contributed by atoms with Gasteiger partial charge in [0.1, 0.15) is 0 Å². The zero-order valence-corrected chi connectivity index (χ0v) is 6.62. The predicted octanol–water partition coefficient (Wildman–Crippen LogP) is 2.27. The third-order valence-electron chi connectivity index (χ3n) is 2.05. The van der Waals surface area contributed by atoms with E-state index in [2.05, 4.69) is 35.4 Å². The molecule has 1 aliphatic heterocycles. The molecule has 0 N–H and O–H groups in total. The monoisotopic (exact) mass is 145 g/mol. The molecule has 1 aliphatic carbocycles. The van der Waals surface area contributed by atoms with E-state index in [0.717, 1.165) is 12.1 Å². The average Bonchev–Trinajstić information content (AvgIpc) is 2.04. The van der Waals surface area contributed by atoms with Gasteiger partial charge in [-0.25, -0.2) is 0 Å². The van der Waals surface area contributed by atoms with Crippen LogP contribution in [0.1, 0.15) is 13.3 Å². The Balaban J connectivity index is 2.33. The maximum absolute atomic E-state index is 4.51. The predicted molar refractivity (Wildman–Crippen MR) is 47.9 cm³/mol. The molecule has 56 valence electrons. The molecule has 1 atom stereocenters. The van der Waals surface area contributed by atoms with E-state index < -0.39 is 0 Å². The topological polar surface area (TPSA) is 12.4 Å². The van der Waals surface area contributed by atoms with Crippen LogP contribution >= 0.6 is 0 Å². The summed E-state index contributed by atoms with van der Waals surface area (Å²) in [6.07, 6.45) is 11.7. The molecule has 2 aliphatic rings. The standard InChI is InChI=1S/C10H11N/c1-8-6-7-9-4-2-3-5-10(9)11-8/h2-4,6-7,10H,5H2,1H3/t10-/m0/s1. The van der Waals surface area contributed by atoms with Gasteiger partial charge in [-0.2, -0.15) is 0 Å². The highest BCUT2D eigenvalue weighted by Crippen LogP contribution is 2.20. The van der Waals surface area contributed by atoms with E-state index in [1.807, 2.05) is 6.92 Å². The molecule has 0 aromatic rings. The first kappa shape index (κ1) is 6.59. The molecular weight excluding hydrogens is 134 g/mol. The Labute approximate surface area is 66.8 Å². The number of dihydropyridines is 1. The van der Waals surface area contributed by atoms with Gasteiger partial charge >= 0.3 is 0 Å². The van der Waals surface area contributed by atoms with Gasteiger partial charge < -0.3 is 0 Å². The third-order valence-corrected chi connectivity index (χ3v) is 2.05. The molecular formula is C10H11N. The SMILES string of the molecule is CC1=N[C@H]2CC=CC=C2C=C1. The van der Waals surface area contributed by atoms with E-state index in [9.17, 15) is 0 Å². The van der Waals surface area contributed by atoms with Crippen molar-refractivity contribution in [3.05, 3.63) is 36.0 Å². The second-order valence-electron chi connectivity index (χ2n) is 2.95. The quantitative estimate of drug-likeness (QED) is 0.496. The van der Waals surface area contributed by atoms with Crippen molar-refractivity contribution in [1.82, 2.24) is 0 Å². The summed E-state index contributed by atoms with van der Waals surface area (Å²) >= 11 is 0. The highest BCUT2D eigenvalue weighted by atomic mass is 14.8. The number of allylic oxidation sites excluding steroid dienone is 3. The molecule has 11 heavy (non-hydrogen) atoms. The molecule has 0 radical (unpaired) electrons. The normalized spacial score (nSPS) is 27.5. The minimum Gasteiger partial charge on any atom is -0.282 e. The summed E-state index contributed by atoms with van der Waals surface area (Å²) in [5.41, 5.74) is 2.49. The molecule has 0 aromatic heterocycles. The molecule has 0 unspecified atom stereocenters. The second kappa shape index (κ2) is 2.50. The van der Waals surface area contributed by atoms with E-state index in [4.69, 9.17) is 0 Å². The number of nitrogens with zero attached hydrogens (tertiary/aromatic N) is 1. The summed E-state index contributed by atoms with van der Waals surface area (Å²) < 4.78 is 0. The molecule has 0 amide bonds. The molecule has 2 rings (SSSR count). The Hall–Kier alpha value is -1.11. The summed E-state index contributed by atoms with van der Waals surface area (Å²) in [4.78, 5) is 4.51. The Morgan fingerprint density at radius 2 is 2.36 bits per heavy atom. The van der Waals surface area contributed by atoms with Crippen LogP contribution in [0.3, 0.4) is 0 Å². The van der Waals surface area contributed by atoms with Crippen LogP contribution in [0.4, 0.5) is 0 Å². The van der Waals surface area contributed by atoms with E-state index >= 15 is 0 Å². The zero-order chi connectivity index (χ0) is 7.68. The van der Waals surface area contributed by atoms with Crippen LogP contribution in [-0.2, 0) is 0 Å². The van der Waals surface area contributed by atoms with E-state index in [1.54, 1.807) is 0 Å². The maximum atomic E-state index is 4.51. The molecule has 1 nitrogen and oxygen atoms in total. The fourth-order valence-electron chi connectivity index (χ4n) is 1.43. The fraction of sp³-hybridized carbons (Fsp3) is 0.300. The van der Waals surface area contributed by atoms with Crippen LogP contribution < -0.4 is 0 Å². The number of hydrogen-bond donors (Lipinski definition) is 0. The first-order valence-electron chi connectivity index (χ1n) is 3.95. The van der Waals surface area contributed by atoms with Gasteiger partial charge in [0.2, 0.25) is 0 Å². The van der Waals surface area contributed by atoms with Crippen LogP contribution in [0.15, 0.2) is 40.9 Å². The van der Waals surface area contributed by atoms with Crippen molar-refractivity contribution in [2.24, 2.45) is 4.99 Å². The smallest absolute Gasteiger partial charge is 0.0786 e. The van der Waals surface area contributed by atoms with E-state index in [-0.39, 0.29) is 0 Å². The molecule has 1 heteroatoms. The van der Waals surface area contributed by atoms with Crippen LogP contribution in [0.25, 0.3) is 0 Å². The minimum absolute atomic E-state index is 0.407. The molecule has 0 spiro atoms. The van der Waals surface area contributed by atoms with Crippen LogP contribution in [0, 0.1) is 0 Å². The van der Waals surface area contributed by atoms with Crippen molar-refractivity contribution in [2.75, 3.05) is 0 Å². The van der Waals surface area contributed by atoms with Crippen molar-refractivity contribution in [2.45, 2.75) is 19.4 Å². The minimum atomic E-state index is 0.407. The fourth-order valence-corrected chi connectivity index (χ4v) is 1.43. The van der Waals surface area contributed by atoms with Gasteiger partial charge in [-0.05, 0) is 25.0 Å². The lowest BCUT2D eigenvalue weighted by Gasteiger charge is -2.18. The molecule has 0 bridgehead atoms. The van der Waals surface area contributed by atoms with Crippen molar-refractivity contribution in [3.63, 3.8) is 0 Å². The Bertz CT molecular complexity index is 279. The molecule has 1 heterocycles. The molecule has 0 fully saturated rings. The summed E-state index contributed by atoms with van der Waals surface area (Å²) in [6.45, 7) is 2.05. The number of fused-ring (bicyclic) bond motifs is 1. The summed E-state index contributed by atoms with van der Waals surface area (Å²) in [5.74, 6) is 0. The molecule has 0 saturated heterocycles. The lowest BCUT2D eigenvalue weighted by Crippen LogP contribution is -2.13. The highest BCUT2D eigenvalue weighted by molar-refractivity contribution is 5.94. The van der Waals surface area contributed by atoms with E-state index in [1.165, 1.54) is 5.57 Å². The van der Waals surface area contributed by atoms with Gasteiger partial charge in [0.05, 0.1) is 6.04 Å². The number of aliphatic imine (C=N–C) groups is 1. The molecule has 0 aromatic carbocycles. The van der Waals surface area contributed by atoms with Gasteiger partial charge in [-0.3, -0.25) is 4.99 Å². The van der Waals surface area contributed by atoms with Crippen LogP contribution in [-0.4, -0.2) is 11.8 Å². The maximum Gasteiger partial charge on any atom is 0.0786 e. The van der Waals surface area contributed by atoms with Crippen molar-refractivity contribution in [1.29, 1.82) is 0 Å². The summed E-state index contributed by atoms with van der Waals surface area (Å²) in [6, 6.07) is 0.407. The van der Waals surface area contributed by atoms with Crippen LogP contribution in [0.5, 0.6) is 0 Å². The summed E-state index contributed by atoms with van der Waals surface area (Å²) in [7, 11) is 0. The lowest BCUT2D eigenvalue weighted by atomic mass is 9.96. The summed E-state index contributed by atoms with van der Waals surface area (Å²) in [5, 5.41) is 0. The Morgan fingerprint density at radius 1 is 1.45 bits per heavy atom. The van der Waals surface area contributed by atoms with Gasteiger partial charge in [-0.15, -0.1) is 0 Å². The van der Waals surface area contributed by atoms with Crippen molar-refractivity contribution in [3.8, 4) is 0 Å². The Kier molecular flexibility index (Phi) is 1.50. The third kappa shape index (κ3) is 1.18. The van der Waals surface area contributed by atoms with Gasteiger partial charge in [0, 0.05) is 5.71 Å². The van der Waals surface area contributed by atoms with E-state index in [0.29, 0.717) is 6.04 Å². The lowest BCUT2D eigenvalue weighted by molar-refractivity contribution is 0.789. The average molecular weight is 145 g/mol. The largest absolute Gasteiger partial charge is 0.282 e.